The summed E-state index contributed by atoms with van der Waals surface area (Å²) in [6.45, 7) is 0.890. The van der Waals surface area contributed by atoms with Gasteiger partial charge in [0.2, 0.25) is 0 Å². The van der Waals surface area contributed by atoms with Crippen LogP contribution in [0.1, 0.15) is 10.5 Å². The second kappa shape index (κ2) is 4.46. The summed E-state index contributed by atoms with van der Waals surface area (Å²) < 4.78 is 9.42. The highest BCUT2D eigenvalue weighted by Gasteiger charge is 2.09. The van der Waals surface area contributed by atoms with Crippen LogP contribution in [-0.4, -0.2) is 31.2 Å². The molecule has 6 nitrogen and oxygen atoms in total. The Morgan fingerprint density at radius 2 is 2.62 bits per heavy atom. The van der Waals surface area contributed by atoms with E-state index >= 15 is 0 Å². The van der Waals surface area contributed by atoms with E-state index in [4.69, 9.17) is 10.5 Å². The van der Waals surface area contributed by atoms with Gasteiger partial charge in [0.25, 0.3) is 11.9 Å². The van der Waals surface area contributed by atoms with Crippen LogP contribution in [0.2, 0.25) is 0 Å². The summed E-state index contributed by atoms with van der Waals surface area (Å²) in [6, 6.07) is -0.0168. The molecule has 1 heterocycles. The number of aromatic nitrogens is 1. The van der Waals surface area contributed by atoms with E-state index in [0.717, 1.165) is 0 Å². The number of oxazole rings is 1. The van der Waals surface area contributed by atoms with Crippen molar-refractivity contribution >= 4 is 11.9 Å². The molecule has 0 aromatic carbocycles. The largest absolute Gasteiger partial charge is 0.431 e. The molecule has 0 saturated heterocycles. The van der Waals surface area contributed by atoms with Crippen LogP contribution in [0.5, 0.6) is 0 Å². The molecule has 0 aliphatic rings. The van der Waals surface area contributed by atoms with Crippen LogP contribution >= 0.6 is 0 Å². The van der Waals surface area contributed by atoms with E-state index in [1.807, 2.05) is 0 Å². The van der Waals surface area contributed by atoms with E-state index in [-0.39, 0.29) is 17.6 Å². The van der Waals surface area contributed by atoms with Gasteiger partial charge in [0.05, 0.1) is 6.61 Å². The first-order chi connectivity index (χ1) is 6.24. The SMILES string of the molecule is COCCNC(=O)c1coc(N)n1. The minimum absolute atomic E-state index is 0.0168. The summed E-state index contributed by atoms with van der Waals surface area (Å²) in [5.74, 6) is -0.322. The van der Waals surface area contributed by atoms with Crippen LogP contribution in [0.3, 0.4) is 0 Å². The Labute approximate surface area is 75.1 Å². The Balaban J connectivity index is 2.40. The van der Waals surface area contributed by atoms with Crippen LogP contribution in [0.25, 0.3) is 0 Å². The second-order valence-corrected chi connectivity index (χ2v) is 2.32. The highest BCUT2D eigenvalue weighted by molar-refractivity contribution is 5.92. The van der Waals surface area contributed by atoms with E-state index in [1.165, 1.54) is 6.26 Å². The molecule has 72 valence electrons. The lowest BCUT2D eigenvalue weighted by molar-refractivity contribution is 0.0932. The number of hydrogen-bond donors (Lipinski definition) is 2. The topological polar surface area (TPSA) is 90.4 Å². The third kappa shape index (κ3) is 2.75. The fourth-order valence-corrected chi connectivity index (χ4v) is 0.749. The number of nitrogens with two attached hydrogens (primary N) is 1. The molecular weight excluding hydrogens is 174 g/mol. The number of nitrogen functional groups attached to an aromatic ring is 1. The summed E-state index contributed by atoms with van der Waals surface area (Å²) in [6.07, 6.45) is 1.21. The van der Waals surface area contributed by atoms with Crippen molar-refractivity contribution in [3.8, 4) is 0 Å². The maximum Gasteiger partial charge on any atom is 0.292 e. The maximum atomic E-state index is 11.2. The van der Waals surface area contributed by atoms with E-state index in [2.05, 4.69) is 14.7 Å². The molecule has 0 aliphatic carbocycles. The van der Waals surface area contributed by atoms with Gasteiger partial charge >= 0.3 is 0 Å². The summed E-state index contributed by atoms with van der Waals surface area (Å²) >= 11 is 0. The monoisotopic (exact) mass is 185 g/mol. The van der Waals surface area contributed by atoms with E-state index in [0.29, 0.717) is 13.2 Å². The van der Waals surface area contributed by atoms with Crippen LogP contribution in [0, 0.1) is 0 Å². The van der Waals surface area contributed by atoms with Crippen molar-refractivity contribution in [1.82, 2.24) is 10.3 Å². The van der Waals surface area contributed by atoms with E-state index in [1.54, 1.807) is 7.11 Å². The normalized spacial score (nSPS) is 9.92. The number of rotatable bonds is 4. The van der Waals surface area contributed by atoms with Crippen molar-refractivity contribution in [2.75, 3.05) is 26.0 Å². The number of hydrogen-bond acceptors (Lipinski definition) is 5. The lowest BCUT2D eigenvalue weighted by Gasteiger charge is -2.00. The highest BCUT2D eigenvalue weighted by atomic mass is 16.5. The van der Waals surface area contributed by atoms with Gasteiger partial charge in [-0.2, -0.15) is 4.98 Å². The molecule has 0 fully saturated rings. The van der Waals surface area contributed by atoms with Gasteiger partial charge in [0, 0.05) is 13.7 Å². The van der Waals surface area contributed by atoms with Crippen molar-refractivity contribution in [3.63, 3.8) is 0 Å². The molecule has 1 rings (SSSR count). The van der Waals surface area contributed by atoms with Crippen LogP contribution < -0.4 is 11.1 Å². The molecular formula is C7H11N3O3. The number of amides is 1. The minimum Gasteiger partial charge on any atom is -0.431 e. The van der Waals surface area contributed by atoms with Gasteiger partial charge < -0.3 is 20.2 Å². The molecule has 1 aromatic heterocycles. The maximum absolute atomic E-state index is 11.2. The fourth-order valence-electron chi connectivity index (χ4n) is 0.749. The highest BCUT2D eigenvalue weighted by Crippen LogP contribution is 2.01. The van der Waals surface area contributed by atoms with Gasteiger partial charge in [-0.15, -0.1) is 0 Å². The smallest absolute Gasteiger partial charge is 0.292 e. The van der Waals surface area contributed by atoms with Gasteiger partial charge in [0.1, 0.15) is 6.26 Å². The first-order valence-corrected chi connectivity index (χ1v) is 3.72. The number of methoxy groups -OCH3 is 1. The summed E-state index contributed by atoms with van der Waals surface area (Å²) in [5, 5.41) is 2.57. The zero-order chi connectivity index (χ0) is 9.68. The molecule has 3 N–H and O–H groups in total. The summed E-state index contributed by atoms with van der Waals surface area (Å²) in [5.41, 5.74) is 5.36. The molecule has 0 unspecified atom stereocenters. The third-order valence-electron chi connectivity index (χ3n) is 1.35. The fraction of sp³-hybridized carbons (Fsp3) is 0.429. The Morgan fingerprint density at radius 3 is 3.15 bits per heavy atom. The van der Waals surface area contributed by atoms with Gasteiger partial charge in [-0.1, -0.05) is 0 Å². The number of carbonyl (C=O) groups is 1. The average molecular weight is 185 g/mol. The van der Waals surface area contributed by atoms with Crippen molar-refractivity contribution in [1.29, 1.82) is 0 Å². The van der Waals surface area contributed by atoms with Crippen molar-refractivity contribution in [3.05, 3.63) is 12.0 Å². The molecule has 1 aromatic rings. The molecule has 0 aliphatic heterocycles. The van der Waals surface area contributed by atoms with Crippen molar-refractivity contribution in [2.45, 2.75) is 0 Å². The van der Waals surface area contributed by atoms with Gasteiger partial charge in [0.15, 0.2) is 5.69 Å². The van der Waals surface area contributed by atoms with E-state index < -0.39 is 0 Å². The zero-order valence-corrected chi connectivity index (χ0v) is 7.24. The number of carbonyl (C=O) groups excluding carboxylic acids is 1. The lowest BCUT2D eigenvalue weighted by atomic mass is 10.4. The summed E-state index contributed by atoms with van der Waals surface area (Å²) in [7, 11) is 1.56. The zero-order valence-electron chi connectivity index (χ0n) is 7.24. The van der Waals surface area contributed by atoms with Gasteiger partial charge in [-0.25, -0.2) is 0 Å². The molecule has 0 atom stereocenters. The van der Waals surface area contributed by atoms with Crippen molar-refractivity contribution in [2.24, 2.45) is 0 Å². The van der Waals surface area contributed by atoms with E-state index in [9.17, 15) is 4.79 Å². The molecule has 13 heavy (non-hydrogen) atoms. The van der Waals surface area contributed by atoms with Crippen LogP contribution in [0.15, 0.2) is 10.7 Å². The lowest BCUT2D eigenvalue weighted by Crippen LogP contribution is -2.27. The number of nitrogens with zero attached hydrogens (tertiary/aromatic N) is 1. The second-order valence-electron chi connectivity index (χ2n) is 2.32. The molecule has 0 radical (unpaired) electrons. The standard InChI is InChI=1S/C7H11N3O3/c1-12-3-2-9-6(11)5-4-13-7(8)10-5/h4H,2-3H2,1H3,(H2,8,10)(H,9,11). The molecule has 0 spiro atoms. The molecule has 6 heteroatoms. The predicted molar refractivity (Wildman–Crippen MR) is 45.1 cm³/mol. The molecule has 1 amide bonds. The number of nitrogens with one attached hydrogen (secondary N) is 1. The quantitative estimate of drug-likeness (QED) is 0.625. The van der Waals surface area contributed by atoms with Gasteiger partial charge in [-0.3, -0.25) is 4.79 Å². The Bertz CT molecular complexity index is 284. The Kier molecular flexibility index (Phi) is 3.27. The van der Waals surface area contributed by atoms with Crippen LogP contribution in [-0.2, 0) is 4.74 Å². The Morgan fingerprint density at radius 1 is 1.85 bits per heavy atom. The first-order valence-electron chi connectivity index (χ1n) is 3.72. The minimum atomic E-state index is -0.322. The Hall–Kier alpha value is -1.56. The summed E-state index contributed by atoms with van der Waals surface area (Å²) in [4.78, 5) is 14.8. The predicted octanol–water partition coefficient (Wildman–Crippen LogP) is -0.367. The van der Waals surface area contributed by atoms with Gasteiger partial charge in [-0.05, 0) is 0 Å². The number of ether oxygens (including phenoxy) is 1. The average Bonchev–Trinajstić information content (AvgIpc) is 2.52. The first kappa shape index (κ1) is 9.53. The third-order valence-corrected chi connectivity index (χ3v) is 1.35. The molecule has 0 bridgehead atoms. The van der Waals surface area contributed by atoms with Crippen LogP contribution in [0.4, 0.5) is 6.01 Å². The number of anilines is 1. The molecule has 0 saturated carbocycles. The van der Waals surface area contributed by atoms with Crippen molar-refractivity contribution < 1.29 is 13.9 Å².